The molecule has 42 heavy (non-hydrogen) atoms. The summed E-state index contributed by atoms with van der Waals surface area (Å²) in [6.45, 7) is 4.94. The zero-order chi connectivity index (χ0) is 29.8. The quantitative estimate of drug-likeness (QED) is 0.222. The highest BCUT2D eigenvalue weighted by atomic mass is 32.1. The van der Waals surface area contributed by atoms with Crippen LogP contribution in [0.4, 0.5) is 5.13 Å². The molecule has 0 bridgehead atoms. The molecular formula is C30H31N5O6S. The third kappa shape index (κ3) is 5.98. The van der Waals surface area contributed by atoms with Crippen LogP contribution >= 0.6 is 11.3 Å². The first-order valence-electron chi connectivity index (χ1n) is 13.7. The smallest absolute Gasteiger partial charge is 0.329 e. The van der Waals surface area contributed by atoms with E-state index in [2.05, 4.69) is 15.3 Å². The molecule has 0 aliphatic carbocycles. The summed E-state index contributed by atoms with van der Waals surface area (Å²) in [5.41, 5.74) is 0.978. The maximum atomic E-state index is 13.7. The Morgan fingerprint density at radius 2 is 1.83 bits per heavy atom. The minimum absolute atomic E-state index is 0.0703. The Balaban J connectivity index is 1.42. The zero-order valence-corrected chi connectivity index (χ0v) is 24.0. The SMILES string of the molecule is CCC(=O)c1csc(NC(=O)[C@H]([C@@H](C)c2ccccc2)n2c(O)c(-c3ccc(OCC(=O)N4CCC4)cc3)[nH]c2=O)n1. The van der Waals surface area contributed by atoms with Crippen LogP contribution in [0.25, 0.3) is 11.3 Å². The second-order valence-corrected chi connectivity index (χ2v) is 10.9. The van der Waals surface area contributed by atoms with E-state index >= 15 is 0 Å². The molecule has 1 aliphatic heterocycles. The summed E-state index contributed by atoms with van der Waals surface area (Å²) in [7, 11) is 0. The van der Waals surface area contributed by atoms with E-state index in [1.165, 1.54) is 0 Å². The molecule has 0 spiro atoms. The summed E-state index contributed by atoms with van der Waals surface area (Å²) >= 11 is 1.11. The number of hydrogen-bond donors (Lipinski definition) is 3. The average molecular weight is 590 g/mol. The highest BCUT2D eigenvalue weighted by Crippen LogP contribution is 2.36. The molecule has 2 aromatic carbocycles. The Kier molecular flexibility index (Phi) is 8.53. The van der Waals surface area contributed by atoms with Crippen LogP contribution in [0.15, 0.2) is 64.8 Å². The first kappa shape index (κ1) is 28.8. The molecule has 218 valence electrons. The van der Waals surface area contributed by atoms with E-state index in [4.69, 9.17) is 4.74 Å². The number of aromatic nitrogens is 3. The lowest BCUT2D eigenvalue weighted by Gasteiger charge is -2.30. The molecule has 0 radical (unpaired) electrons. The van der Waals surface area contributed by atoms with Gasteiger partial charge in [0.15, 0.2) is 17.5 Å². The lowest BCUT2D eigenvalue weighted by atomic mass is 9.92. The van der Waals surface area contributed by atoms with Crippen LogP contribution < -0.4 is 15.7 Å². The number of ketones is 1. The number of thiazole rings is 1. The van der Waals surface area contributed by atoms with E-state index in [9.17, 15) is 24.3 Å². The first-order chi connectivity index (χ1) is 20.3. The summed E-state index contributed by atoms with van der Waals surface area (Å²) in [6, 6.07) is 14.6. The molecule has 0 saturated carbocycles. The van der Waals surface area contributed by atoms with E-state index in [-0.39, 0.29) is 41.2 Å². The third-order valence-electron chi connectivity index (χ3n) is 7.30. The summed E-state index contributed by atoms with van der Waals surface area (Å²) in [4.78, 5) is 59.7. The highest BCUT2D eigenvalue weighted by Gasteiger charge is 2.34. The first-order valence-corrected chi connectivity index (χ1v) is 14.5. The van der Waals surface area contributed by atoms with Crippen LogP contribution in [0.3, 0.4) is 0 Å². The number of nitrogens with one attached hydrogen (secondary N) is 2. The molecule has 1 fully saturated rings. The van der Waals surface area contributed by atoms with Crippen molar-refractivity contribution in [1.82, 2.24) is 19.4 Å². The Hall–Kier alpha value is -4.71. The summed E-state index contributed by atoms with van der Waals surface area (Å²) < 4.78 is 6.63. The van der Waals surface area contributed by atoms with Gasteiger partial charge < -0.3 is 25.0 Å². The number of anilines is 1. The second-order valence-electron chi connectivity index (χ2n) is 9.99. The molecule has 1 saturated heterocycles. The average Bonchev–Trinajstić information content (AvgIpc) is 3.55. The van der Waals surface area contributed by atoms with Gasteiger partial charge in [0, 0.05) is 36.4 Å². The molecule has 2 aromatic heterocycles. The zero-order valence-electron chi connectivity index (χ0n) is 23.2. The monoisotopic (exact) mass is 589 g/mol. The lowest BCUT2D eigenvalue weighted by Crippen LogP contribution is -2.44. The van der Waals surface area contributed by atoms with Gasteiger partial charge in [0.25, 0.3) is 5.91 Å². The molecular weight excluding hydrogens is 558 g/mol. The largest absolute Gasteiger partial charge is 0.493 e. The van der Waals surface area contributed by atoms with E-state index < -0.39 is 29.4 Å². The van der Waals surface area contributed by atoms with Crippen molar-refractivity contribution in [2.75, 3.05) is 25.0 Å². The number of aromatic hydroxyl groups is 1. The van der Waals surface area contributed by atoms with Crippen molar-refractivity contribution in [2.24, 2.45) is 0 Å². The van der Waals surface area contributed by atoms with Crippen LogP contribution in [-0.4, -0.2) is 61.8 Å². The number of carbonyl (C=O) groups excluding carboxylic acids is 3. The summed E-state index contributed by atoms with van der Waals surface area (Å²) in [5, 5.41) is 15.8. The van der Waals surface area contributed by atoms with Gasteiger partial charge in [-0.3, -0.25) is 14.4 Å². The number of hydrogen-bond acceptors (Lipinski definition) is 8. The van der Waals surface area contributed by atoms with Gasteiger partial charge in [0.2, 0.25) is 11.8 Å². The molecule has 12 heteroatoms. The van der Waals surface area contributed by atoms with Crippen LogP contribution in [-0.2, 0) is 9.59 Å². The predicted molar refractivity (Wildman–Crippen MR) is 158 cm³/mol. The van der Waals surface area contributed by atoms with Crippen LogP contribution in [0.2, 0.25) is 0 Å². The minimum Gasteiger partial charge on any atom is -0.493 e. The lowest BCUT2D eigenvalue weighted by molar-refractivity contribution is -0.136. The number of H-pyrrole nitrogens is 1. The number of rotatable bonds is 11. The molecule has 3 heterocycles. The van der Waals surface area contributed by atoms with E-state index in [0.29, 0.717) is 11.3 Å². The van der Waals surface area contributed by atoms with Gasteiger partial charge in [-0.1, -0.05) is 44.2 Å². The summed E-state index contributed by atoms with van der Waals surface area (Å²) in [6.07, 6.45) is 1.28. The molecule has 2 atom stereocenters. The number of Topliss-reactive ketones (excluding diaryl/α,β-unsaturated/α-hetero) is 1. The second kappa shape index (κ2) is 12.4. The van der Waals surface area contributed by atoms with E-state index in [1.54, 1.807) is 48.4 Å². The van der Waals surface area contributed by atoms with Gasteiger partial charge in [-0.05, 0) is 36.2 Å². The number of amides is 2. The standard InChI is InChI=1S/C30H31N5O6S/c1-3-23(36)22-17-42-29(31-22)33-27(38)26(18(2)19-8-5-4-6-9-19)35-28(39)25(32-30(35)40)20-10-12-21(13-11-20)41-16-24(37)34-14-7-15-34/h4-6,8-13,17-18,26,39H,3,7,14-16H2,1-2H3,(H,32,40)(H,31,33,38)/t18-,26-/m0/s1. The molecule has 11 nitrogen and oxygen atoms in total. The predicted octanol–water partition coefficient (Wildman–Crippen LogP) is 4.19. The Labute approximate surface area is 245 Å². The maximum absolute atomic E-state index is 13.7. The number of likely N-dealkylation sites (tertiary alicyclic amines) is 1. The van der Waals surface area contributed by atoms with Crippen LogP contribution in [0.5, 0.6) is 11.6 Å². The van der Waals surface area contributed by atoms with Crippen molar-refractivity contribution >= 4 is 34.1 Å². The van der Waals surface area contributed by atoms with Crippen molar-refractivity contribution in [2.45, 2.75) is 38.6 Å². The van der Waals surface area contributed by atoms with Gasteiger partial charge in [0.1, 0.15) is 23.2 Å². The van der Waals surface area contributed by atoms with Crippen molar-refractivity contribution in [3.8, 4) is 22.9 Å². The molecule has 2 amide bonds. The molecule has 4 aromatic rings. The molecule has 5 rings (SSSR count). The van der Waals surface area contributed by atoms with Gasteiger partial charge in [-0.2, -0.15) is 0 Å². The van der Waals surface area contributed by atoms with Crippen LogP contribution in [0.1, 0.15) is 54.7 Å². The summed E-state index contributed by atoms with van der Waals surface area (Å²) in [5.74, 6) is -1.28. The van der Waals surface area contributed by atoms with Gasteiger partial charge in [-0.25, -0.2) is 14.3 Å². The van der Waals surface area contributed by atoms with Crippen molar-refractivity contribution in [1.29, 1.82) is 0 Å². The Morgan fingerprint density at radius 1 is 1.12 bits per heavy atom. The number of imidazole rings is 1. The fourth-order valence-corrected chi connectivity index (χ4v) is 5.46. The number of aromatic amines is 1. The number of nitrogens with zero attached hydrogens (tertiary/aromatic N) is 3. The molecule has 0 unspecified atom stereocenters. The normalized spacial score (nSPS) is 14.1. The highest BCUT2D eigenvalue weighted by molar-refractivity contribution is 7.14. The van der Waals surface area contributed by atoms with Crippen molar-refractivity contribution < 1.29 is 24.2 Å². The van der Waals surface area contributed by atoms with Crippen molar-refractivity contribution in [3.63, 3.8) is 0 Å². The Morgan fingerprint density at radius 3 is 2.48 bits per heavy atom. The van der Waals surface area contributed by atoms with E-state index in [1.807, 2.05) is 30.3 Å². The van der Waals surface area contributed by atoms with Crippen molar-refractivity contribution in [3.05, 3.63) is 81.7 Å². The van der Waals surface area contributed by atoms with Crippen LogP contribution in [0, 0.1) is 0 Å². The maximum Gasteiger partial charge on any atom is 0.329 e. The Bertz CT molecular complexity index is 1640. The molecule has 1 aliphatic rings. The number of carbonyl (C=O) groups is 3. The minimum atomic E-state index is -1.16. The number of ether oxygens (including phenoxy) is 1. The molecule has 3 N–H and O–H groups in total. The van der Waals surface area contributed by atoms with Gasteiger partial charge in [0.05, 0.1) is 0 Å². The fourth-order valence-electron chi connectivity index (χ4n) is 4.75. The topological polar surface area (TPSA) is 147 Å². The van der Waals surface area contributed by atoms with E-state index in [0.717, 1.165) is 41.0 Å². The van der Waals surface area contributed by atoms with Gasteiger partial charge >= 0.3 is 5.69 Å². The fraction of sp³-hybridized carbons (Fsp3) is 0.300. The van der Waals surface area contributed by atoms with Gasteiger partial charge in [-0.15, -0.1) is 11.3 Å². The number of benzene rings is 2. The third-order valence-corrected chi connectivity index (χ3v) is 8.06.